The molecular formula is C11H12BrClO. The zero-order chi connectivity index (χ0) is 9.97. The Labute approximate surface area is 97.5 Å². The first kappa shape index (κ1) is 10.3. The van der Waals surface area contributed by atoms with E-state index >= 15 is 0 Å². The van der Waals surface area contributed by atoms with E-state index in [0.717, 1.165) is 17.5 Å². The molecule has 1 nitrogen and oxygen atoms in total. The first-order valence-electron chi connectivity index (χ1n) is 4.73. The van der Waals surface area contributed by atoms with Gasteiger partial charge in [0, 0.05) is 16.6 Å². The summed E-state index contributed by atoms with van der Waals surface area (Å²) in [5, 5.41) is 1.15. The average molecular weight is 276 g/mol. The van der Waals surface area contributed by atoms with Crippen LogP contribution in [0.5, 0.6) is 5.75 Å². The van der Waals surface area contributed by atoms with E-state index in [-0.39, 0.29) is 6.10 Å². The highest BCUT2D eigenvalue weighted by Gasteiger charge is 2.42. The van der Waals surface area contributed by atoms with Crippen LogP contribution in [0.15, 0.2) is 30.3 Å². The predicted molar refractivity (Wildman–Crippen MR) is 62.4 cm³/mol. The summed E-state index contributed by atoms with van der Waals surface area (Å²) in [5.41, 5.74) is 0. The van der Waals surface area contributed by atoms with E-state index in [1.165, 1.54) is 0 Å². The lowest BCUT2D eigenvalue weighted by Gasteiger charge is -2.16. The fourth-order valence-electron chi connectivity index (χ4n) is 1.47. The number of hydrogen-bond acceptors (Lipinski definition) is 1. The van der Waals surface area contributed by atoms with Crippen molar-refractivity contribution < 1.29 is 4.74 Å². The number of benzene rings is 1. The minimum Gasteiger partial charge on any atom is -0.489 e. The van der Waals surface area contributed by atoms with E-state index in [1.807, 2.05) is 30.3 Å². The number of ether oxygens (including phenoxy) is 1. The first-order chi connectivity index (χ1) is 6.81. The van der Waals surface area contributed by atoms with Crippen molar-refractivity contribution in [3.05, 3.63) is 30.3 Å². The molecule has 2 rings (SSSR count). The first-order valence-corrected chi connectivity index (χ1v) is 6.29. The van der Waals surface area contributed by atoms with E-state index in [1.54, 1.807) is 0 Å². The standard InChI is InChI=1S/C11H12BrClO/c12-7-11(9-6-10(9)13)14-8-4-2-1-3-5-8/h1-5,9-11H,6-7H2. The fourth-order valence-corrected chi connectivity index (χ4v) is 2.45. The molecule has 3 unspecified atom stereocenters. The third-order valence-electron chi connectivity index (χ3n) is 2.42. The SMILES string of the molecule is ClC1CC1C(CBr)Oc1ccccc1. The Morgan fingerprint density at radius 3 is 2.57 bits per heavy atom. The molecule has 0 saturated heterocycles. The second kappa shape index (κ2) is 4.54. The largest absolute Gasteiger partial charge is 0.489 e. The van der Waals surface area contributed by atoms with Crippen LogP contribution >= 0.6 is 27.5 Å². The monoisotopic (exact) mass is 274 g/mol. The summed E-state index contributed by atoms with van der Waals surface area (Å²) in [6.45, 7) is 0. The van der Waals surface area contributed by atoms with Gasteiger partial charge < -0.3 is 4.74 Å². The smallest absolute Gasteiger partial charge is 0.119 e. The van der Waals surface area contributed by atoms with Gasteiger partial charge in [0.2, 0.25) is 0 Å². The van der Waals surface area contributed by atoms with Gasteiger partial charge in [-0.1, -0.05) is 34.1 Å². The topological polar surface area (TPSA) is 9.23 Å². The maximum absolute atomic E-state index is 5.99. The van der Waals surface area contributed by atoms with Crippen molar-refractivity contribution >= 4 is 27.5 Å². The lowest BCUT2D eigenvalue weighted by atomic mass is 10.2. The van der Waals surface area contributed by atoms with E-state index in [4.69, 9.17) is 16.3 Å². The van der Waals surface area contributed by atoms with Gasteiger partial charge in [-0.15, -0.1) is 11.6 Å². The number of alkyl halides is 2. The summed E-state index contributed by atoms with van der Waals surface area (Å²) in [4.78, 5) is 0. The molecule has 0 spiro atoms. The molecule has 1 aliphatic carbocycles. The Bertz CT molecular complexity index is 291. The molecule has 1 saturated carbocycles. The van der Waals surface area contributed by atoms with E-state index < -0.39 is 0 Å². The summed E-state index contributed by atoms with van der Waals surface area (Å²) < 4.78 is 5.83. The Morgan fingerprint density at radius 1 is 1.43 bits per heavy atom. The third kappa shape index (κ3) is 2.43. The van der Waals surface area contributed by atoms with Gasteiger partial charge in [-0.3, -0.25) is 0 Å². The van der Waals surface area contributed by atoms with E-state index in [0.29, 0.717) is 11.3 Å². The van der Waals surface area contributed by atoms with Gasteiger partial charge in [0.05, 0.1) is 0 Å². The molecule has 0 aliphatic heterocycles. The van der Waals surface area contributed by atoms with Gasteiger partial charge in [-0.25, -0.2) is 0 Å². The average Bonchev–Trinajstić information content (AvgIpc) is 2.93. The van der Waals surface area contributed by atoms with Crippen molar-refractivity contribution in [2.75, 3.05) is 5.33 Å². The number of para-hydroxylation sites is 1. The molecule has 0 amide bonds. The molecule has 14 heavy (non-hydrogen) atoms. The lowest BCUT2D eigenvalue weighted by molar-refractivity contribution is 0.204. The van der Waals surface area contributed by atoms with Crippen LogP contribution in [0.1, 0.15) is 6.42 Å². The Hall–Kier alpha value is -0.210. The Balaban J connectivity index is 1.95. The molecule has 1 aliphatic rings. The Morgan fingerprint density at radius 2 is 2.07 bits per heavy atom. The van der Waals surface area contributed by atoms with Crippen molar-refractivity contribution in [1.82, 2.24) is 0 Å². The van der Waals surface area contributed by atoms with Crippen LogP contribution < -0.4 is 4.74 Å². The summed E-state index contributed by atoms with van der Waals surface area (Å²) >= 11 is 9.45. The molecule has 1 aromatic rings. The van der Waals surface area contributed by atoms with Gasteiger partial charge in [0.25, 0.3) is 0 Å². The van der Waals surface area contributed by atoms with Crippen LogP contribution in [0.2, 0.25) is 0 Å². The number of rotatable bonds is 4. The number of halogens is 2. The summed E-state index contributed by atoms with van der Waals surface area (Å²) in [7, 11) is 0. The minimum atomic E-state index is 0.208. The molecule has 3 atom stereocenters. The molecule has 0 radical (unpaired) electrons. The predicted octanol–water partition coefficient (Wildman–Crippen LogP) is 3.46. The molecular weight excluding hydrogens is 263 g/mol. The van der Waals surface area contributed by atoms with Gasteiger partial charge in [0.15, 0.2) is 0 Å². The van der Waals surface area contributed by atoms with Gasteiger partial charge in [-0.2, -0.15) is 0 Å². The molecule has 1 fully saturated rings. The summed E-state index contributed by atoms with van der Waals surface area (Å²) in [5.74, 6) is 1.43. The maximum Gasteiger partial charge on any atom is 0.119 e. The summed E-state index contributed by atoms with van der Waals surface area (Å²) in [6.07, 6.45) is 1.28. The molecule has 3 heteroatoms. The lowest BCUT2D eigenvalue weighted by Crippen LogP contribution is -2.21. The van der Waals surface area contributed by atoms with Crippen LogP contribution in [0, 0.1) is 5.92 Å². The molecule has 0 bridgehead atoms. The molecule has 1 aromatic carbocycles. The van der Waals surface area contributed by atoms with Crippen LogP contribution in [0.4, 0.5) is 0 Å². The van der Waals surface area contributed by atoms with Crippen molar-refractivity contribution in [3.63, 3.8) is 0 Å². The Kier molecular flexibility index (Phi) is 3.34. The van der Waals surface area contributed by atoms with Gasteiger partial charge >= 0.3 is 0 Å². The van der Waals surface area contributed by atoms with Crippen molar-refractivity contribution in [2.24, 2.45) is 5.92 Å². The van der Waals surface area contributed by atoms with Crippen LogP contribution in [0.25, 0.3) is 0 Å². The second-order valence-corrected chi connectivity index (χ2v) is 4.75. The minimum absolute atomic E-state index is 0.208. The zero-order valence-corrected chi connectivity index (χ0v) is 10.0. The van der Waals surface area contributed by atoms with E-state index in [9.17, 15) is 0 Å². The quantitative estimate of drug-likeness (QED) is 0.765. The van der Waals surface area contributed by atoms with Gasteiger partial charge in [0.1, 0.15) is 11.9 Å². The third-order valence-corrected chi connectivity index (χ3v) is 3.56. The fraction of sp³-hybridized carbons (Fsp3) is 0.455. The normalized spacial score (nSPS) is 27.0. The maximum atomic E-state index is 5.99. The van der Waals surface area contributed by atoms with Crippen LogP contribution in [-0.4, -0.2) is 16.8 Å². The molecule has 0 aromatic heterocycles. The molecule has 0 heterocycles. The highest BCUT2D eigenvalue weighted by Crippen LogP contribution is 2.40. The molecule has 76 valence electrons. The van der Waals surface area contributed by atoms with Crippen molar-refractivity contribution in [2.45, 2.75) is 17.9 Å². The summed E-state index contributed by atoms with van der Waals surface area (Å²) in [6, 6.07) is 9.89. The van der Waals surface area contributed by atoms with Crippen LogP contribution in [0.3, 0.4) is 0 Å². The van der Waals surface area contributed by atoms with E-state index in [2.05, 4.69) is 15.9 Å². The van der Waals surface area contributed by atoms with Gasteiger partial charge in [-0.05, 0) is 18.6 Å². The van der Waals surface area contributed by atoms with Crippen LogP contribution in [-0.2, 0) is 0 Å². The zero-order valence-electron chi connectivity index (χ0n) is 7.70. The van der Waals surface area contributed by atoms with Crippen molar-refractivity contribution in [3.8, 4) is 5.75 Å². The highest BCUT2D eigenvalue weighted by atomic mass is 79.9. The highest BCUT2D eigenvalue weighted by molar-refractivity contribution is 9.09. The second-order valence-electron chi connectivity index (χ2n) is 3.54. The van der Waals surface area contributed by atoms with Crippen molar-refractivity contribution in [1.29, 1.82) is 0 Å². The molecule has 0 N–H and O–H groups in total. The number of hydrogen-bond donors (Lipinski definition) is 0.